The van der Waals surface area contributed by atoms with E-state index < -0.39 is 0 Å². The molecule has 17 heavy (non-hydrogen) atoms. The lowest BCUT2D eigenvalue weighted by Gasteiger charge is -2.02. The Hall–Kier alpha value is -2.24. The number of halogens is 1. The Bertz CT molecular complexity index is 538. The van der Waals surface area contributed by atoms with Gasteiger partial charge in [0.1, 0.15) is 5.82 Å². The van der Waals surface area contributed by atoms with Gasteiger partial charge in [0.15, 0.2) is 5.82 Å². The van der Waals surface area contributed by atoms with Crippen LogP contribution in [0.1, 0.15) is 12.6 Å². The molecule has 1 N–H and O–H groups in total. The summed E-state index contributed by atoms with van der Waals surface area (Å²) in [5.74, 6) is -0.128. The summed E-state index contributed by atoms with van der Waals surface area (Å²) >= 11 is 0. The fourth-order valence-electron chi connectivity index (χ4n) is 1.38. The number of aromatic nitrogens is 3. The third-order valence-corrected chi connectivity index (χ3v) is 2.09. The van der Waals surface area contributed by atoms with Gasteiger partial charge in [0, 0.05) is 25.4 Å². The number of carbonyl (C=O) groups is 1. The van der Waals surface area contributed by atoms with Crippen molar-refractivity contribution in [2.24, 2.45) is 0 Å². The molecule has 0 aliphatic rings. The first-order chi connectivity index (χ1) is 8.15. The first-order valence-corrected chi connectivity index (χ1v) is 5.05. The van der Waals surface area contributed by atoms with Gasteiger partial charge in [-0.1, -0.05) is 0 Å². The molecule has 0 saturated carbocycles. The molecule has 0 fully saturated rings. The van der Waals surface area contributed by atoms with Crippen molar-refractivity contribution in [3.8, 4) is 0 Å². The van der Waals surface area contributed by atoms with Gasteiger partial charge in [0.25, 0.3) is 0 Å². The number of amides is 1. The van der Waals surface area contributed by atoms with Crippen molar-refractivity contribution in [1.82, 2.24) is 14.8 Å². The summed E-state index contributed by atoms with van der Waals surface area (Å²) in [5.41, 5.74) is 0.310. The molecule has 6 heteroatoms. The minimum absolute atomic E-state index is 0.195. The first kappa shape index (κ1) is 11.3. The molecule has 2 aromatic heterocycles. The molecular formula is C11H11FN4O. The van der Waals surface area contributed by atoms with Crippen LogP contribution < -0.4 is 5.32 Å². The van der Waals surface area contributed by atoms with E-state index >= 15 is 0 Å². The zero-order valence-corrected chi connectivity index (χ0v) is 9.22. The molecule has 0 bridgehead atoms. The van der Waals surface area contributed by atoms with Gasteiger partial charge in [0.2, 0.25) is 5.91 Å². The third-order valence-electron chi connectivity index (χ3n) is 2.09. The van der Waals surface area contributed by atoms with E-state index in [4.69, 9.17) is 0 Å². The maximum absolute atomic E-state index is 13.3. The fourth-order valence-corrected chi connectivity index (χ4v) is 1.38. The minimum atomic E-state index is -0.371. The SMILES string of the molecule is CC(=O)Nc1ccn(Cc2ncccc2F)n1. The van der Waals surface area contributed by atoms with Crippen LogP contribution in [-0.4, -0.2) is 20.7 Å². The molecule has 2 aromatic rings. The van der Waals surface area contributed by atoms with Crippen LogP contribution in [0, 0.1) is 5.82 Å². The monoisotopic (exact) mass is 234 g/mol. The molecule has 2 rings (SSSR count). The summed E-state index contributed by atoms with van der Waals surface area (Å²) in [6.45, 7) is 1.63. The van der Waals surface area contributed by atoms with E-state index in [-0.39, 0.29) is 18.3 Å². The highest BCUT2D eigenvalue weighted by molar-refractivity contribution is 5.87. The van der Waals surface area contributed by atoms with Gasteiger partial charge < -0.3 is 5.32 Å². The molecule has 0 atom stereocenters. The topological polar surface area (TPSA) is 59.8 Å². The zero-order valence-electron chi connectivity index (χ0n) is 9.22. The second-order valence-corrected chi connectivity index (χ2v) is 3.51. The number of carbonyl (C=O) groups excluding carboxylic acids is 1. The average molecular weight is 234 g/mol. The standard InChI is InChI=1S/C11H11FN4O/c1-8(17)14-11-4-6-16(15-11)7-10-9(12)3-2-5-13-10/h2-6H,7H2,1H3,(H,14,15,17). The molecule has 0 aromatic carbocycles. The predicted octanol–water partition coefficient (Wildman–Crippen LogP) is 1.42. The number of nitrogens with one attached hydrogen (secondary N) is 1. The summed E-state index contributed by atoms with van der Waals surface area (Å²) in [6, 6.07) is 4.52. The van der Waals surface area contributed by atoms with Gasteiger partial charge in [-0.25, -0.2) is 4.39 Å². The Morgan fingerprint density at radius 3 is 3.06 bits per heavy atom. The maximum Gasteiger partial charge on any atom is 0.222 e. The lowest BCUT2D eigenvalue weighted by atomic mass is 10.3. The third kappa shape index (κ3) is 2.87. The van der Waals surface area contributed by atoms with Crippen LogP contribution in [0.3, 0.4) is 0 Å². The average Bonchev–Trinajstić information content (AvgIpc) is 2.68. The van der Waals surface area contributed by atoms with E-state index in [1.54, 1.807) is 12.3 Å². The predicted molar refractivity (Wildman–Crippen MR) is 59.8 cm³/mol. The van der Waals surface area contributed by atoms with Crippen LogP contribution in [-0.2, 0) is 11.3 Å². The molecule has 0 aliphatic heterocycles. The van der Waals surface area contributed by atoms with E-state index in [9.17, 15) is 9.18 Å². The van der Waals surface area contributed by atoms with Crippen LogP contribution >= 0.6 is 0 Å². The number of hydrogen-bond donors (Lipinski definition) is 1. The zero-order chi connectivity index (χ0) is 12.3. The van der Waals surface area contributed by atoms with Crippen LogP contribution in [0.4, 0.5) is 10.2 Å². The molecule has 1 amide bonds. The summed E-state index contributed by atoms with van der Waals surface area (Å²) in [5, 5.41) is 6.61. The van der Waals surface area contributed by atoms with Gasteiger partial charge in [-0.05, 0) is 12.1 Å². The van der Waals surface area contributed by atoms with Crippen LogP contribution in [0.15, 0.2) is 30.6 Å². The van der Waals surface area contributed by atoms with Gasteiger partial charge in [-0.3, -0.25) is 14.5 Å². The van der Waals surface area contributed by atoms with E-state index in [2.05, 4.69) is 15.4 Å². The summed E-state index contributed by atoms with van der Waals surface area (Å²) < 4.78 is 14.8. The molecule has 0 unspecified atom stereocenters. The molecule has 5 nitrogen and oxygen atoms in total. The van der Waals surface area contributed by atoms with Gasteiger partial charge >= 0.3 is 0 Å². The van der Waals surface area contributed by atoms with Crippen molar-refractivity contribution < 1.29 is 9.18 Å². The second-order valence-electron chi connectivity index (χ2n) is 3.51. The van der Waals surface area contributed by atoms with E-state index in [0.29, 0.717) is 11.5 Å². The molecule has 0 spiro atoms. The molecule has 2 heterocycles. The van der Waals surface area contributed by atoms with Crippen molar-refractivity contribution in [3.63, 3.8) is 0 Å². The van der Waals surface area contributed by atoms with Gasteiger partial charge in [-0.2, -0.15) is 5.10 Å². The number of anilines is 1. The van der Waals surface area contributed by atoms with Crippen LogP contribution in [0.2, 0.25) is 0 Å². The largest absolute Gasteiger partial charge is 0.309 e. The lowest BCUT2D eigenvalue weighted by Crippen LogP contribution is -2.08. The van der Waals surface area contributed by atoms with Crippen molar-refractivity contribution in [1.29, 1.82) is 0 Å². The Kier molecular flexibility index (Phi) is 3.13. The van der Waals surface area contributed by atoms with Gasteiger partial charge in [0.05, 0.1) is 12.2 Å². The normalized spacial score (nSPS) is 10.2. The summed E-state index contributed by atoms with van der Waals surface area (Å²) in [4.78, 5) is 14.7. The molecule has 0 radical (unpaired) electrons. The molecular weight excluding hydrogens is 223 g/mol. The summed E-state index contributed by atoms with van der Waals surface area (Å²) in [7, 11) is 0. The molecule has 0 aliphatic carbocycles. The van der Waals surface area contributed by atoms with Crippen molar-refractivity contribution in [2.75, 3.05) is 5.32 Å². The Morgan fingerprint density at radius 2 is 2.35 bits per heavy atom. The summed E-state index contributed by atoms with van der Waals surface area (Å²) in [6.07, 6.45) is 3.18. The number of hydrogen-bond acceptors (Lipinski definition) is 3. The highest BCUT2D eigenvalue weighted by Gasteiger charge is 2.05. The van der Waals surface area contributed by atoms with E-state index in [0.717, 1.165) is 0 Å². The Balaban J connectivity index is 2.12. The smallest absolute Gasteiger partial charge is 0.222 e. The molecule has 88 valence electrons. The van der Waals surface area contributed by atoms with Crippen molar-refractivity contribution in [2.45, 2.75) is 13.5 Å². The van der Waals surface area contributed by atoms with Crippen LogP contribution in [0.25, 0.3) is 0 Å². The molecule has 0 saturated heterocycles. The second kappa shape index (κ2) is 4.73. The van der Waals surface area contributed by atoms with Crippen molar-refractivity contribution in [3.05, 3.63) is 42.1 Å². The van der Waals surface area contributed by atoms with Crippen LogP contribution in [0.5, 0.6) is 0 Å². The Morgan fingerprint density at radius 1 is 1.53 bits per heavy atom. The number of rotatable bonds is 3. The number of pyridine rings is 1. The highest BCUT2D eigenvalue weighted by Crippen LogP contribution is 2.07. The minimum Gasteiger partial charge on any atom is -0.309 e. The highest BCUT2D eigenvalue weighted by atomic mass is 19.1. The lowest BCUT2D eigenvalue weighted by molar-refractivity contribution is -0.114. The number of nitrogens with zero attached hydrogens (tertiary/aromatic N) is 3. The van der Waals surface area contributed by atoms with Gasteiger partial charge in [-0.15, -0.1) is 0 Å². The van der Waals surface area contributed by atoms with E-state index in [1.165, 1.54) is 29.9 Å². The maximum atomic E-state index is 13.3. The van der Waals surface area contributed by atoms with Crippen molar-refractivity contribution >= 4 is 11.7 Å². The van der Waals surface area contributed by atoms with E-state index in [1.807, 2.05) is 0 Å². The first-order valence-electron chi connectivity index (χ1n) is 5.05. The fraction of sp³-hybridized carbons (Fsp3) is 0.182. The quantitative estimate of drug-likeness (QED) is 0.873. The Labute approximate surface area is 97.3 Å².